The molecule has 2 heterocycles. The molecule has 1 aromatic heterocycles. The zero-order valence-corrected chi connectivity index (χ0v) is 12.6. The summed E-state index contributed by atoms with van der Waals surface area (Å²) in [6.45, 7) is 6.12. The second-order valence-corrected chi connectivity index (χ2v) is 6.18. The van der Waals surface area contributed by atoms with Crippen molar-refractivity contribution in [2.24, 2.45) is 5.41 Å². The molecule has 1 aliphatic rings. The number of carboxylic acid groups (broad SMARTS) is 1. The number of carboxylic acids is 1. The van der Waals surface area contributed by atoms with Gasteiger partial charge in [0.05, 0.1) is 5.41 Å². The van der Waals surface area contributed by atoms with Crippen LogP contribution in [-0.2, 0) is 17.8 Å². The molecule has 4 nitrogen and oxygen atoms in total. The van der Waals surface area contributed by atoms with Gasteiger partial charge in [-0.3, -0.25) is 9.69 Å². The molecule has 1 aliphatic heterocycles. The molecule has 1 fully saturated rings. The lowest BCUT2D eigenvalue weighted by Gasteiger charge is -2.20. The number of hydrogen-bond acceptors (Lipinski definition) is 3. The minimum absolute atomic E-state index is 0.602. The maximum Gasteiger partial charge on any atom is 0.310 e. The lowest BCUT2D eigenvalue weighted by molar-refractivity contribution is -0.147. The number of carbonyl (C=O) groups is 1. The molecule has 2 aromatic rings. The van der Waals surface area contributed by atoms with E-state index in [2.05, 4.69) is 17.9 Å². The Morgan fingerprint density at radius 1 is 1.43 bits per heavy atom. The molecule has 1 N–H and O–H groups in total. The van der Waals surface area contributed by atoms with E-state index >= 15 is 0 Å². The van der Waals surface area contributed by atoms with E-state index in [9.17, 15) is 9.90 Å². The van der Waals surface area contributed by atoms with Crippen molar-refractivity contribution < 1.29 is 14.3 Å². The van der Waals surface area contributed by atoms with E-state index in [-0.39, 0.29) is 0 Å². The zero-order chi connectivity index (χ0) is 15.0. The Hall–Kier alpha value is -1.81. The summed E-state index contributed by atoms with van der Waals surface area (Å²) in [5.74, 6) is 0.317. The Morgan fingerprint density at radius 2 is 2.19 bits per heavy atom. The van der Waals surface area contributed by atoms with Crippen molar-refractivity contribution in [3.05, 3.63) is 35.6 Å². The number of hydrogen-bond donors (Lipinski definition) is 1. The number of aliphatic carboxylic acids is 1. The van der Waals surface area contributed by atoms with Crippen LogP contribution in [0.3, 0.4) is 0 Å². The second kappa shape index (κ2) is 5.19. The summed E-state index contributed by atoms with van der Waals surface area (Å²) in [5.41, 5.74) is 1.51. The van der Waals surface area contributed by atoms with E-state index < -0.39 is 11.4 Å². The highest BCUT2D eigenvalue weighted by atomic mass is 16.4. The Morgan fingerprint density at radius 3 is 2.86 bits per heavy atom. The van der Waals surface area contributed by atoms with Gasteiger partial charge in [-0.15, -0.1) is 0 Å². The van der Waals surface area contributed by atoms with E-state index in [4.69, 9.17) is 4.42 Å². The van der Waals surface area contributed by atoms with E-state index in [0.29, 0.717) is 13.0 Å². The molecule has 1 atom stereocenters. The molecule has 1 unspecified atom stereocenters. The van der Waals surface area contributed by atoms with Gasteiger partial charge in [0.15, 0.2) is 0 Å². The average molecular weight is 287 g/mol. The minimum Gasteiger partial charge on any atom is -0.481 e. The first kappa shape index (κ1) is 14.1. The normalized spacial score (nSPS) is 23.0. The van der Waals surface area contributed by atoms with Gasteiger partial charge in [-0.05, 0) is 26.0 Å². The summed E-state index contributed by atoms with van der Waals surface area (Å²) >= 11 is 0. The van der Waals surface area contributed by atoms with Gasteiger partial charge in [-0.1, -0.05) is 25.1 Å². The third-order valence-corrected chi connectivity index (χ3v) is 4.55. The van der Waals surface area contributed by atoms with Gasteiger partial charge in [0, 0.05) is 30.5 Å². The molecular weight excluding hydrogens is 266 g/mol. The van der Waals surface area contributed by atoms with Gasteiger partial charge in [-0.25, -0.2) is 0 Å². The molecule has 4 heteroatoms. The number of aryl methyl sites for hydroxylation is 1. The highest BCUT2D eigenvalue weighted by Crippen LogP contribution is 2.33. The van der Waals surface area contributed by atoms with Crippen molar-refractivity contribution >= 4 is 16.9 Å². The standard InChI is InChI=1S/C17H21NO3/c1-3-14-13(12-6-4-5-7-15(12)21-14)10-18-9-8-17(2,11-18)16(19)20/h4-7H,3,8-11H2,1-2H3,(H,19,20). The highest BCUT2D eigenvalue weighted by Gasteiger charge is 2.40. The maximum atomic E-state index is 11.4. The van der Waals surface area contributed by atoms with Crippen LogP contribution >= 0.6 is 0 Å². The summed E-state index contributed by atoms with van der Waals surface area (Å²) < 4.78 is 5.92. The van der Waals surface area contributed by atoms with Crippen LogP contribution < -0.4 is 0 Å². The lowest BCUT2D eigenvalue weighted by atomic mass is 9.90. The molecule has 21 heavy (non-hydrogen) atoms. The predicted molar refractivity (Wildman–Crippen MR) is 81.2 cm³/mol. The zero-order valence-electron chi connectivity index (χ0n) is 12.6. The largest absolute Gasteiger partial charge is 0.481 e. The number of furan rings is 1. The fourth-order valence-electron chi connectivity index (χ4n) is 3.20. The second-order valence-electron chi connectivity index (χ2n) is 6.18. The summed E-state index contributed by atoms with van der Waals surface area (Å²) in [4.78, 5) is 13.6. The van der Waals surface area contributed by atoms with E-state index in [1.54, 1.807) is 0 Å². The van der Waals surface area contributed by atoms with Gasteiger partial charge < -0.3 is 9.52 Å². The van der Waals surface area contributed by atoms with E-state index in [1.807, 2.05) is 25.1 Å². The number of nitrogens with zero attached hydrogens (tertiary/aromatic N) is 1. The number of likely N-dealkylation sites (tertiary alicyclic amines) is 1. The van der Waals surface area contributed by atoms with Crippen LogP contribution in [0.1, 0.15) is 31.6 Å². The Labute approximate surface area is 124 Å². The van der Waals surface area contributed by atoms with Crippen LogP contribution in [0.4, 0.5) is 0 Å². The summed E-state index contributed by atoms with van der Waals surface area (Å²) in [5, 5.41) is 10.5. The van der Waals surface area contributed by atoms with Crippen LogP contribution in [0.25, 0.3) is 11.0 Å². The minimum atomic E-state index is -0.697. The Kier molecular flexibility index (Phi) is 3.49. The monoisotopic (exact) mass is 287 g/mol. The molecule has 3 rings (SSSR count). The molecule has 1 saturated heterocycles. The number of fused-ring (bicyclic) bond motifs is 1. The number of benzene rings is 1. The van der Waals surface area contributed by atoms with E-state index in [1.165, 1.54) is 5.56 Å². The molecule has 1 aromatic carbocycles. The van der Waals surface area contributed by atoms with Crippen molar-refractivity contribution in [3.63, 3.8) is 0 Å². The van der Waals surface area contributed by atoms with Crippen LogP contribution in [0.2, 0.25) is 0 Å². The van der Waals surface area contributed by atoms with Crippen LogP contribution in [-0.4, -0.2) is 29.1 Å². The van der Waals surface area contributed by atoms with Crippen molar-refractivity contribution in [1.82, 2.24) is 4.90 Å². The van der Waals surface area contributed by atoms with Crippen molar-refractivity contribution in [1.29, 1.82) is 0 Å². The summed E-state index contributed by atoms with van der Waals surface area (Å²) in [6, 6.07) is 8.07. The molecule has 0 bridgehead atoms. The first-order valence-corrected chi connectivity index (χ1v) is 7.48. The quantitative estimate of drug-likeness (QED) is 0.937. The smallest absolute Gasteiger partial charge is 0.310 e. The predicted octanol–water partition coefficient (Wildman–Crippen LogP) is 3.29. The Balaban J connectivity index is 1.87. The van der Waals surface area contributed by atoms with Crippen LogP contribution in [0, 0.1) is 5.41 Å². The third kappa shape index (κ3) is 2.44. The number of para-hydroxylation sites is 1. The third-order valence-electron chi connectivity index (χ3n) is 4.55. The van der Waals surface area contributed by atoms with Gasteiger partial charge in [0.1, 0.15) is 11.3 Å². The topological polar surface area (TPSA) is 53.7 Å². The maximum absolute atomic E-state index is 11.4. The lowest BCUT2D eigenvalue weighted by Crippen LogP contribution is -2.31. The highest BCUT2D eigenvalue weighted by molar-refractivity contribution is 5.82. The average Bonchev–Trinajstić information content (AvgIpc) is 3.02. The first-order valence-electron chi connectivity index (χ1n) is 7.48. The van der Waals surface area contributed by atoms with Gasteiger partial charge in [0.25, 0.3) is 0 Å². The first-order chi connectivity index (χ1) is 10.0. The molecule has 0 amide bonds. The van der Waals surface area contributed by atoms with Gasteiger partial charge in [0.2, 0.25) is 0 Å². The molecule has 0 aliphatic carbocycles. The van der Waals surface area contributed by atoms with Crippen molar-refractivity contribution in [2.45, 2.75) is 33.2 Å². The number of rotatable bonds is 4. The fraction of sp³-hybridized carbons (Fsp3) is 0.471. The molecule has 0 spiro atoms. The van der Waals surface area contributed by atoms with Gasteiger partial charge >= 0.3 is 5.97 Å². The molecule has 112 valence electrons. The molecular formula is C17H21NO3. The summed E-state index contributed by atoms with van der Waals surface area (Å²) in [6.07, 6.45) is 1.56. The van der Waals surface area contributed by atoms with Crippen molar-refractivity contribution in [3.8, 4) is 0 Å². The molecule has 0 radical (unpaired) electrons. The fourth-order valence-corrected chi connectivity index (χ4v) is 3.20. The SMILES string of the molecule is CCc1oc2ccccc2c1CN1CCC(C)(C(=O)O)C1. The van der Waals surface area contributed by atoms with Gasteiger partial charge in [-0.2, -0.15) is 0 Å². The van der Waals surface area contributed by atoms with Crippen LogP contribution in [0.5, 0.6) is 0 Å². The van der Waals surface area contributed by atoms with Crippen molar-refractivity contribution in [2.75, 3.05) is 13.1 Å². The Bertz CT molecular complexity index is 676. The van der Waals surface area contributed by atoms with E-state index in [0.717, 1.165) is 36.2 Å². The van der Waals surface area contributed by atoms with Crippen LogP contribution in [0.15, 0.2) is 28.7 Å². The molecule has 0 saturated carbocycles. The summed E-state index contributed by atoms with van der Waals surface area (Å²) in [7, 11) is 0.